The van der Waals surface area contributed by atoms with Crippen LogP contribution in [0.4, 0.5) is 0 Å². The van der Waals surface area contributed by atoms with Gasteiger partial charge in [0.15, 0.2) is 0 Å². The maximum Gasteiger partial charge on any atom is 0.254 e. The van der Waals surface area contributed by atoms with E-state index in [1.54, 1.807) is 0 Å². The Morgan fingerprint density at radius 2 is 2.14 bits per heavy atom. The predicted molar refractivity (Wildman–Crippen MR) is 51.3 cm³/mol. The van der Waals surface area contributed by atoms with Gasteiger partial charge in [-0.25, -0.2) is 0 Å². The van der Waals surface area contributed by atoms with Crippen LogP contribution in [0.25, 0.3) is 0 Å². The summed E-state index contributed by atoms with van der Waals surface area (Å²) in [4.78, 5) is 21.9. The highest BCUT2D eigenvalue weighted by Crippen LogP contribution is 2.17. The Hall–Kier alpha value is -1.16. The minimum absolute atomic E-state index is 0.138. The Kier molecular flexibility index (Phi) is 3.41. The summed E-state index contributed by atoms with van der Waals surface area (Å²) in [6.45, 7) is 3.89. The van der Waals surface area contributed by atoms with Gasteiger partial charge in [-0.05, 0) is 5.92 Å². The highest BCUT2D eigenvalue weighted by Gasteiger charge is 2.24. The number of amides is 2. The van der Waals surface area contributed by atoms with Crippen LogP contribution < -0.4 is 5.32 Å². The predicted octanol–water partition coefficient (Wildman–Crippen LogP) is 0.366. The summed E-state index contributed by atoms with van der Waals surface area (Å²) < 4.78 is 0. The molecule has 0 aromatic carbocycles. The lowest BCUT2D eigenvalue weighted by molar-refractivity contribution is -0.124. The lowest BCUT2D eigenvalue weighted by Crippen LogP contribution is -2.25. The fourth-order valence-electron chi connectivity index (χ4n) is 1.30. The van der Waals surface area contributed by atoms with E-state index in [1.165, 1.54) is 6.08 Å². The topological polar surface area (TPSA) is 66.4 Å². The van der Waals surface area contributed by atoms with Crippen molar-refractivity contribution in [2.75, 3.05) is 0 Å². The van der Waals surface area contributed by atoms with Gasteiger partial charge in [0.05, 0.1) is 6.10 Å². The molecule has 0 saturated heterocycles. The molecule has 0 bridgehead atoms. The Labute approximate surface area is 83.0 Å². The van der Waals surface area contributed by atoms with E-state index in [1.807, 2.05) is 13.8 Å². The first kappa shape index (κ1) is 10.9. The number of imide groups is 1. The lowest BCUT2D eigenvalue weighted by atomic mass is 9.96. The molecular weight excluding hydrogens is 182 g/mol. The number of nitrogens with one attached hydrogen (secondary N) is 1. The average molecular weight is 197 g/mol. The van der Waals surface area contributed by atoms with Crippen molar-refractivity contribution in [2.45, 2.75) is 32.8 Å². The van der Waals surface area contributed by atoms with Crippen LogP contribution in [0, 0.1) is 5.92 Å². The van der Waals surface area contributed by atoms with Gasteiger partial charge in [0.25, 0.3) is 11.8 Å². The molecular formula is C10H15NO3. The Bertz CT molecular complexity index is 283. The molecule has 4 heteroatoms. The molecule has 4 nitrogen and oxygen atoms in total. The van der Waals surface area contributed by atoms with Crippen LogP contribution in [-0.2, 0) is 9.59 Å². The molecule has 14 heavy (non-hydrogen) atoms. The molecule has 0 spiro atoms. The molecule has 2 atom stereocenters. The normalized spacial score (nSPS) is 20.4. The van der Waals surface area contributed by atoms with Crippen LogP contribution in [0.3, 0.4) is 0 Å². The zero-order chi connectivity index (χ0) is 10.7. The van der Waals surface area contributed by atoms with Gasteiger partial charge in [-0.1, -0.05) is 20.3 Å². The minimum atomic E-state index is -0.553. The SMILES string of the molecule is CCC(C)C(O)CC1=CC(=O)NC1=O. The van der Waals surface area contributed by atoms with E-state index in [9.17, 15) is 14.7 Å². The van der Waals surface area contributed by atoms with Gasteiger partial charge in [0.1, 0.15) is 0 Å². The van der Waals surface area contributed by atoms with E-state index in [-0.39, 0.29) is 24.2 Å². The standard InChI is InChI=1S/C10H15NO3/c1-3-6(2)8(12)4-7-5-9(13)11-10(7)14/h5-6,8,12H,3-4H2,1-2H3,(H,11,13,14). The number of carbonyl (C=O) groups is 2. The fourth-order valence-corrected chi connectivity index (χ4v) is 1.30. The van der Waals surface area contributed by atoms with Gasteiger partial charge in [-0.3, -0.25) is 14.9 Å². The first-order valence-corrected chi connectivity index (χ1v) is 4.78. The Morgan fingerprint density at radius 1 is 1.50 bits per heavy atom. The zero-order valence-corrected chi connectivity index (χ0v) is 8.41. The second-order valence-electron chi connectivity index (χ2n) is 3.64. The first-order valence-electron chi connectivity index (χ1n) is 4.78. The number of aliphatic hydroxyl groups is 1. The van der Waals surface area contributed by atoms with Crippen LogP contribution in [0.2, 0.25) is 0 Å². The molecule has 2 amide bonds. The van der Waals surface area contributed by atoms with Gasteiger partial charge in [0, 0.05) is 18.1 Å². The first-order chi connectivity index (χ1) is 6.54. The minimum Gasteiger partial charge on any atom is -0.393 e. The second-order valence-corrected chi connectivity index (χ2v) is 3.64. The smallest absolute Gasteiger partial charge is 0.254 e. The van der Waals surface area contributed by atoms with E-state index in [4.69, 9.17) is 0 Å². The van der Waals surface area contributed by atoms with Crippen LogP contribution in [0.5, 0.6) is 0 Å². The Balaban J connectivity index is 2.56. The molecule has 1 aliphatic heterocycles. The van der Waals surface area contributed by atoms with Crippen molar-refractivity contribution < 1.29 is 14.7 Å². The van der Waals surface area contributed by atoms with Gasteiger partial charge < -0.3 is 5.11 Å². The number of rotatable bonds is 4. The van der Waals surface area contributed by atoms with E-state index < -0.39 is 6.10 Å². The van der Waals surface area contributed by atoms with Gasteiger partial charge in [0.2, 0.25) is 0 Å². The molecule has 2 N–H and O–H groups in total. The number of carbonyl (C=O) groups excluding carboxylic acids is 2. The monoisotopic (exact) mass is 197 g/mol. The van der Waals surface area contributed by atoms with Crippen LogP contribution in [0.1, 0.15) is 26.7 Å². The third-order valence-corrected chi connectivity index (χ3v) is 2.56. The van der Waals surface area contributed by atoms with Gasteiger partial charge >= 0.3 is 0 Å². The summed E-state index contributed by atoms with van der Waals surface area (Å²) in [5, 5.41) is 11.8. The molecule has 1 heterocycles. The lowest BCUT2D eigenvalue weighted by Gasteiger charge is -2.16. The number of hydrogen-bond donors (Lipinski definition) is 2. The molecule has 78 valence electrons. The molecule has 2 unspecified atom stereocenters. The number of hydrogen-bond acceptors (Lipinski definition) is 3. The maximum atomic E-state index is 11.1. The average Bonchev–Trinajstić information content (AvgIpc) is 2.44. The van der Waals surface area contributed by atoms with Crippen molar-refractivity contribution in [3.8, 4) is 0 Å². The van der Waals surface area contributed by atoms with Crippen LogP contribution in [0.15, 0.2) is 11.6 Å². The molecule has 1 rings (SSSR count). The van der Waals surface area contributed by atoms with Crippen molar-refractivity contribution in [1.29, 1.82) is 0 Å². The number of aliphatic hydroxyl groups excluding tert-OH is 1. The van der Waals surface area contributed by atoms with Crippen LogP contribution in [-0.4, -0.2) is 23.0 Å². The molecule has 0 aliphatic carbocycles. The van der Waals surface area contributed by atoms with E-state index in [0.29, 0.717) is 5.57 Å². The van der Waals surface area contributed by atoms with Crippen molar-refractivity contribution in [3.63, 3.8) is 0 Å². The summed E-state index contributed by atoms with van der Waals surface area (Å²) in [6, 6.07) is 0. The highest BCUT2D eigenvalue weighted by molar-refractivity contribution is 6.16. The fraction of sp³-hybridized carbons (Fsp3) is 0.600. The van der Waals surface area contributed by atoms with E-state index >= 15 is 0 Å². The second kappa shape index (κ2) is 4.37. The summed E-state index contributed by atoms with van der Waals surface area (Å²) in [7, 11) is 0. The van der Waals surface area contributed by atoms with Crippen molar-refractivity contribution >= 4 is 11.8 Å². The van der Waals surface area contributed by atoms with E-state index in [0.717, 1.165) is 6.42 Å². The summed E-state index contributed by atoms with van der Waals surface area (Å²) in [5.74, 6) is -0.627. The summed E-state index contributed by atoms with van der Waals surface area (Å²) >= 11 is 0. The van der Waals surface area contributed by atoms with E-state index in [2.05, 4.69) is 5.32 Å². The third-order valence-electron chi connectivity index (χ3n) is 2.56. The van der Waals surface area contributed by atoms with Crippen molar-refractivity contribution in [3.05, 3.63) is 11.6 Å². The molecule has 0 aromatic heterocycles. The zero-order valence-electron chi connectivity index (χ0n) is 8.41. The third kappa shape index (κ3) is 2.42. The quantitative estimate of drug-likeness (QED) is 0.640. The molecule has 0 fully saturated rings. The maximum absolute atomic E-state index is 11.1. The summed E-state index contributed by atoms with van der Waals surface area (Å²) in [6.07, 6.45) is 1.81. The summed E-state index contributed by atoms with van der Waals surface area (Å²) in [5.41, 5.74) is 0.378. The largest absolute Gasteiger partial charge is 0.393 e. The van der Waals surface area contributed by atoms with Gasteiger partial charge in [-0.15, -0.1) is 0 Å². The molecule has 0 radical (unpaired) electrons. The van der Waals surface area contributed by atoms with Gasteiger partial charge in [-0.2, -0.15) is 0 Å². The highest BCUT2D eigenvalue weighted by atomic mass is 16.3. The molecule has 0 saturated carbocycles. The van der Waals surface area contributed by atoms with Crippen molar-refractivity contribution in [2.24, 2.45) is 5.92 Å². The van der Waals surface area contributed by atoms with Crippen LogP contribution >= 0.6 is 0 Å². The van der Waals surface area contributed by atoms with Crippen molar-refractivity contribution in [1.82, 2.24) is 5.32 Å². The Morgan fingerprint density at radius 3 is 2.57 bits per heavy atom. The molecule has 0 aromatic rings. The molecule has 1 aliphatic rings.